The van der Waals surface area contributed by atoms with Crippen LogP contribution < -0.4 is 5.73 Å². The van der Waals surface area contributed by atoms with E-state index in [2.05, 4.69) is 5.16 Å². The van der Waals surface area contributed by atoms with Crippen molar-refractivity contribution in [3.63, 3.8) is 0 Å². The molecule has 0 atom stereocenters. The number of nitrogens with zero attached hydrogens (tertiary/aromatic N) is 1. The number of oxime groups is 1. The average Bonchev–Trinajstić information content (AvgIpc) is 2.35. The van der Waals surface area contributed by atoms with E-state index in [9.17, 15) is 0 Å². The first-order chi connectivity index (χ1) is 8.54. The molecule has 6 heteroatoms. The van der Waals surface area contributed by atoms with Gasteiger partial charge in [-0.15, -0.1) is 0 Å². The van der Waals surface area contributed by atoms with Crippen LogP contribution in [0.1, 0.15) is 26.7 Å². The highest BCUT2D eigenvalue weighted by Gasteiger charge is 2.22. The summed E-state index contributed by atoms with van der Waals surface area (Å²) in [5.74, 6) is 0.231. The fourth-order valence-electron chi connectivity index (χ4n) is 1.20. The molecule has 0 aliphatic heterocycles. The van der Waals surface area contributed by atoms with Gasteiger partial charge in [0.05, 0.1) is 13.2 Å². The number of methoxy groups -OCH3 is 1. The minimum absolute atomic E-state index is 0.231. The predicted molar refractivity (Wildman–Crippen MR) is 69.9 cm³/mol. The summed E-state index contributed by atoms with van der Waals surface area (Å²) in [7, 11) is 1.65. The van der Waals surface area contributed by atoms with Gasteiger partial charge in [-0.3, -0.25) is 0 Å². The number of nitrogens with two attached hydrogens (primary N) is 1. The molecule has 3 N–H and O–H groups in total. The quantitative estimate of drug-likeness (QED) is 0.192. The van der Waals surface area contributed by atoms with Gasteiger partial charge in [0, 0.05) is 32.3 Å². The molecule has 0 spiro atoms. The lowest BCUT2D eigenvalue weighted by molar-refractivity contribution is 0.0486. The molecular formula is C12H26N2O4. The molecule has 0 aliphatic rings. The van der Waals surface area contributed by atoms with Crippen LogP contribution in [-0.4, -0.2) is 51.2 Å². The highest BCUT2D eigenvalue weighted by Crippen LogP contribution is 2.20. The van der Waals surface area contributed by atoms with Gasteiger partial charge in [-0.2, -0.15) is 0 Å². The molecule has 18 heavy (non-hydrogen) atoms. The summed E-state index contributed by atoms with van der Waals surface area (Å²) in [5, 5.41) is 11.6. The van der Waals surface area contributed by atoms with Crippen LogP contribution in [0.4, 0.5) is 0 Å². The molecule has 0 bridgehead atoms. The third-order valence-corrected chi connectivity index (χ3v) is 2.68. The third kappa shape index (κ3) is 8.27. The van der Waals surface area contributed by atoms with Gasteiger partial charge >= 0.3 is 0 Å². The molecule has 0 amide bonds. The van der Waals surface area contributed by atoms with Crippen molar-refractivity contribution >= 4 is 5.84 Å². The van der Waals surface area contributed by atoms with Gasteiger partial charge in [-0.25, -0.2) is 0 Å². The Balaban J connectivity index is 3.40. The smallest absolute Gasteiger partial charge is 0.144 e. The molecule has 0 aromatic heterocycles. The van der Waals surface area contributed by atoms with E-state index in [0.29, 0.717) is 39.5 Å². The minimum atomic E-state index is -0.344. The van der Waals surface area contributed by atoms with E-state index in [0.717, 1.165) is 6.42 Å². The second-order valence-corrected chi connectivity index (χ2v) is 4.69. The first kappa shape index (κ1) is 17.2. The zero-order valence-corrected chi connectivity index (χ0v) is 11.6. The van der Waals surface area contributed by atoms with Crippen molar-refractivity contribution in [2.24, 2.45) is 16.3 Å². The van der Waals surface area contributed by atoms with Crippen molar-refractivity contribution in [3.05, 3.63) is 0 Å². The van der Waals surface area contributed by atoms with Gasteiger partial charge in [-0.1, -0.05) is 19.0 Å². The Kier molecular flexibility index (Phi) is 9.63. The third-order valence-electron chi connectivity index (χ3n) is 2.68. The topological polar surface area (TPSA) is 86.3 Å². The molecule has 0 aromatic rings. The highest BCUT2D eigenvalue weighted by atomic mass is 16.5. The van der Waals surface area contributed by atoms with Gasteiger partial charge in [-0.05, 0) is 12.8 Å². The molecule has 0 aliphatic carbocycles. The number of amidine groups is 1. The highest BCUT2D eigenvalue weighted by molar-refractivity contribution is 5.85. The molecule has 0 rings (SSSR count). The lowest BCUT2D eigenvalue weighted by Gasteiger charge is -2.22. The Morgan fingerprint density at radius 2 is 1.72 bits per heavy atom. The Hall–Kier alpha value is -0.850. The lowest BCUT2D eigenvalue weighted by Crippen LogP contribution is -2.33. The Bertz CT molecular complexity index is 232. The van der Waals surface area contributed by atoms with E-state index in [1.54, 1.807) is 7.11 Å². The van der Waals surface area contributed by atoms with E-state index in [1.807, 2.05) is 13.8 Å². The summed E-state index contributed by atoms with van der Waals surface area (Å²) < 4.78 is 15.6. The van der Waals surface area contributed by atoms with E-state index >= 15 is 0 Å². The molecule has 0 radical (unpaired) electrons. The summed E-state index contributed by atoms with van der Waals surface area (Å²) in [6.45, 7) is 6.98. The second kappa shape index (κ2) is 10.1. The Labute approximate surface area is 109 Å². The summed E-state index contributed by atoms with van der Waals surface area (Å²) in [6, 6.07) is 0. The van der Waals surface area contributed by atoms with E-state index in [4.69, 9.17) is 25.2 Å². The fourth-order valence-corrected chi connectivity index (χ4v) is 1.20. The van der Waals surface area contributed by atoms with Crippen LogP contribution in [0.15, 0.2) is 5.16 Å². The molecule has 0 saturated heterocycles. The van der Waals surface area contributed by atoms with E-state index < -0.39 is 0 Å². The first-order valence-electron chi connectivity index (χ1n) is 6.17. The van der Waals surface area contributed by atoms with Crippen LogP contribution in [0.2, 0.25) is 0 Å². The molecule has 0 aromatic carbocycles. The van der Waals surface area contributed by atoms with Crippen LogP contribution >= 0.6 is 0 Å². The molecular weight excluding hydrogens is 236 g/mol. The number of hydrogen-bond donors (Lipinski definition) is 2. The first-order valence-corrected chi connectivity index (χ1v) is 6.17. The maximum Gasteiger partial charge on any atom is 0.144 e. The van der Waals surface area contributed by atoms with Crippen molar-refractivity contribution in [1.29, 1.82) is 0 Å². The summed E-state index contributed by atoms with van der Waals surface area (Å²) in [5.41, 5.74) is 5.23. The molecule has 0 fully saturated rings. The number of hydrogen-bond acceptors (Lipinski definition) is 5. The fraction of sp³-hybridized carbons (Fsp3) is 0.917. The summed E-state index contributed by atoms with van der Waals surface area (Å²) in [6.07, 6.45) is 1.57. The predicted octanol–water partition coefficient (Wildman–Crippen LogP) is 1.22. The van der Waals surface area contributed by atoms with E-state index in [-0.39, 0.29) is 11.3 Å². The number of ether oxygens (including phenoxy) is 3. The van der Waals surface area contributed by atoms with Gasteiger partial charge in [0.1, 0.15) is 5.84 Å². The molecule has 0 unspecified atom stereocenters. The van der Waals surface area contributed by atoms with Crippen LogP contribution in [-0.2, 0) is 14.2 Å². The van der Waals surface area contributed by atoms with Gasteiger partial charge < -0.3 is 25.2 Å². The van der Waals surface area contributed by atoms with Crippen molar-refractivity contribution in [3.8, 4) is 0 Å². The average molecular weight is 262 g/mol. The number of rotatable bonds is 11. The van der Waals surface area contributed by atoms with Crippen LogP contribution in [0, 0.1) is 5.41 Å². The lowest BCUT2D eigenvalue weighted by atomic mass is 9.88. The monoisotopic (exact) mass is 262 g/mol. The van der Waals surface area contributed by atoms with Crippen LogP contribution in [0.3, 0.4) is 0 Å². The largest absolute Gasteiger partial charge is 0.409 e. The minimum Gasteiger partial charge on any atom is -0.409 e. The van der Waals surface area contributed by atoms with Gasteiger partial charge in [0.2, 0.25) is 0 Å². The van der Waals surface area contributed by atoms with Crippen LogP contribution in [0.25, 0.3) is 0 Å². The van der Waals surface area contributed by atoms with Crippen molar-refractivity contribution in [1.82, 2.24) is 0 Å². The molecule has 108 valence electrons. The Morgan fingerprint density at radius 3 is 2.28 bits per heavy atom. The second-order valence-electron chi connectivity index (χ2n) is 4.69. The molecule has 6 nitrogen and oxygen atoms in total. The SMILES string of the molecule is COCCOCCCOCCC(C)(C)C(N)=NO. The van der Waals surface area contributed by atoms with Crippen molar-refractivity contribution in [2.45, 2.75) is 26.7 Å². The zero-order chi connectivity index (χ0) is 13.9. The van der Waals surface area contributed by atoms with Gasteiger partial charge in [0.15, 0.2) is 0 Å². The van der Waals surface area contributed by atoms with Crippen molar-refractivity contribution in [2.75, 3.05) is 40.1 Å². The summed E-state index contributed by atoms with van der Waals surface area (Å²) >= 11 is 0. The maximum absolute atomic E-state index is 8.61. The standard InChI is InChI=1S/C12H26N2O4/c1-12(2,11(13)14-15)5-8-17-6-4-7-18-10-9-16-3/h15H,4-10H2,1-3H3,(H2,13,14). The molecule has 0 heterocycles. The maximum atomic E-state index is 8.61. The van der Waals surface area contributed by atoms with Crippen LogP contribution in [0.5, 0.6) is 0 Å². The van der Waals surface area contributed by atoms with Crippen molar-refractivity contribution < 1.29 is 19.4 Å². The Morgan fingerprint density at radius 1 is 1.11 bits per heavy atom. The zero-order valence-electron chi connectivity index (χ0n) is 11.6. The van der Waals surface area contributed by atoms with E-state index in [1.165, 1.54) is 0 Å². The summed E-state index contributed by atoms with van der Waals surface area (Å²) in [4.78, 5) is 0. The normalized spacial score (nSPS) is 12.9. The molecule has 0 saturated carbocycles. The van der Waals surface area contributed by atoms with Gasteiger partial charge in [0.25, 0.3) is 0 Å².